The lowest BCUT2D eigenvalue weighted by atomic mass is 9.92. The van der Waals surface area contributed by atoms with Crippen molar-refractivity contribution in [1.82, 2.24) is 25.3 Å². The van der Waals surface area contributed by atoms with Gasteiger partial charge in [-0.1, -0.05) is 26.5 Å². The van der Waals surface area contributed by atoms with Crippen LogP contribution in [0.1, 0.15) is 69.7 Å². The summed E-state index contributed by atoms with van der Waals surface area (Å²) >= 11 is 0. The molecule has 32 heavy (non-hydrogen) atoms. The highest BCUT2D eigenvalue weighted by atomic mass is 16.2. The molecule has 0 aliphatic carbocycles. The van der Waals surface area contributed by atoms with Crippen molar-refractivity contribution in [3.05, 3.63) is 42.4 Å². The molecule has 2 rings (SSSR count). The first-order chi connectivity index (χ1) is 15.5. The van der Waals surface area contributed by atoms with Gasteiger partial charge in [0.1, 0.15) is 0 Å². The molecule has 8 nitrogen and oxygen atoms in total. The van der Waals surface area contributed by atoms with Crippen LogP contribution in [0.25, 0.3) is 0 Å². The minimum atomic E-state index is 0.179. The van der Waals surface area contributed by atoms with E-state index in [1.807, 2.05) is 28.7 Å². The van der Waals surface area contributed by atoms with E-state index in [4.69, 9.17) is 5.10 Å². The summed E-state index contributed by atoms with van der Waals surface area (Å²) in [6, 6.07) is 2.22. The molecular weight excluding hydrogens is 404 g/mol. The molecule has 1 fully saturated rings. The second-order valence-electron chi connectivity index (χ2n) is 8.11. The molecule has 1 atom stereocenters. The van der Waals surface area contributed by atoms with Crippen molar-refractivity contribution in [2.24, 2.45) is 4.99 Å². The Labute approximate surface area is 191 Å². The Morgan fingerprint density at radius 2 is 2.09 bits per heavy atom. The summed E-state index contributed by atoms with van der Waals surface area (Å²) in [5.74, 6) is 1.66. The third kappa shape index (κ3) is 7.15. The van der Waals surface area contributed by atoms with E-state index in [0.29, 0.717) is 44.3 Å². The average Bonchev–Trinajstić information content (AvgIpc) is 3.26. The lowest BCUT2D eigenvalue weighted by Crippen LogP contribution is -2.39. The van der Waals surface area contributed by atoms with E-state index >= 15 is 0 Å². The Morgan fingerprint density at radius 3 is 2.72 bits per heavy atom. The molecule has 2 heterocycles. The third-order valence-electron chi connectivity index (χ3n) is 5.94. The monoisotopic (exact) mass is 442 g/mol. The smallest absolute Gasteiger partial charge is 0.223 e. The van der Waals surface area contributed by atoms with Gasteiger partial charge >= 0.3 is 0 Å². The van der Waals surface area contributed by atoms with Crippen LogP contribution in [0.4, 0.5) is 0 Å². The van der Waals surface area contributed by atoms with Crippen LogP contribution >= 0.6 is 0 Å². The summed E-state index contributed by atoms with van der Waals surface area (Å²) < 4.78 is 1.95. The summed E-state index contributed by atoms with van der Waals surface area (Å²) in [6.45, 7) is 13.5. The molecule has 2 amide bonds. The largest absolute Gasteiger partial charge is 0.357 e. The first-order valence-electron chi connectivity index (χ1n) is 11.6. The van der Waals surface area contributed by atoms with Crippen molar-refractivity contribution in [2.45, 2.75) is 58.3 Å². The normalized spacial score (nSPS) is 16.3. The Bertz CT molecular complexity index is 805. The Kier molecular flexibility index (Phi) is 10.9. The molecule has 0 aromatic carbocycles. The molecule has 176 valence electrons. The summed E-state index contributed by atoms with van der Waals surface area (Å²) in [4.78, 5) is 29.1. The van der Waals surface area contributed by atoms with Crippen LogP contribution in [0, 0.1) is 0 Å². The van der Waals surface area contributed by atoms with Crippen LogP contribution < -0.4 is 10.6 Å². The Balaban J connectivity index is 1.99. The number of nitrogens with one attached hydrogen (secondary N) is 2. The molecule has 1 aliphatic heterocycles. The zero-order chi connectivity index (χ0) is 23.3. The number of carbonyl (C=O) groups is 2. The zero-order valence-electron chi connectivity index (χ0n) is 19.7. The Morgan fingerprint density at radius 1 is 1.34 bits per heavy atom. The molecule has 8 heteroatoms. The van der Waals surface area contributed by atoms with Crippen LogP contribution in [-0.2, 0) is 9.59 Å². The number of hydrogen-bond acceptors (Lipinski definition) is 5. The number of nitrogens with zero attached hydrogens (tertiary/aromatic N) is 4. The third-order valence-corrected chi connectivity index (χ3v) is 5.94. The van der Waals surface area contributed by atoms with E-state index in [2.05, 4.69) is 42.1 Å². The highest BCUT2D eigenvalue weighted by Gasteiger charge is 2.27. The van der Waals surface area contributed by atoms with Crippen LogP contribution in [0.5, 0.6) is 0 Å². The fraction of sp³-hybridized carbons (Fsp3) is 0.583. The Hall–Kier alpha value is -2.74. The second-order valence-corrected chi connectivity index (χ2v) is 8.11. The van der Waals surface area contributed by atoms with Crippen molar-refractivity contribution in [3.63, 3.8) is 0 Å². The van der Waals surface area contributed by atoms with Crippen molar-refractivity contribution >= 4 is 18.2 Å². The number of piperidine rings is 1. The molecule has 0 bridgehead atoms. The number of aromatic nitrogens is 2. The second kappa shape index (κ2) is 13.6. The van der Waals surface area contributed by atoms with E-state index in [0.717, 1.165) is 49.6 Å². The van der Waals surface area contributed by atoms with Gasteiger partial charge in [0.15, 0.2) is 5.84 Å². The lowest BCUT2D eigenvalue weighted by Gasteiger charge is -2.31. The summed E-state index contributed by atoms with van der Waals surface area (Å²) in [5.41, 5.74) is 2.24. The average molecular weight is 443 g/mol. The van der Waals surface area contributed by atoms with Gasteiger partial charge in [-0.25, -0.2) is 9.67 Å². The van der Waals surface area contributed by atoms with Gasteiger partial charge in [-0.05, 0) is 44.2 Å². The molecule has 1 saturated heterocycles. The van der Waals surface area contributed by atoms with E-state index in [1.165, 1.54) is 0 Å². The molecule has 0 saturated carbocycles. The molecule has 2 N–H and O–H groups in total. The van der Waals surface area contributed by atoms with Crippen LogP contribution in [0.3, 0.4) is 0 Å². The van der Waals surface area contributed by atoms with E-state index < -0.39 is 0 Å². The fourth-order valence-electron chi connectivity index (χ4n) is 3.89. The molecular formula is C24H38N6O2. The summed E-state index contributed by atoms with van der Waals surface area (Å²) in [7, 11) is 0. The highest BCUT2D eigenvalue weighted by Crippen LogP contribution is 2.30. The van der Waals surface area contributed by atoms with Gasteiger partial charge in [0.25, 0.3) is 0 Å². The quantitative estimate of drug-likeness (QED) is 0.225. The first-order valence-corrected chi connectivity index (χ1v) is 11.6. The van der Waals surface area contributed by atoms with Crippen molar-refractivity contribution in [3.8, 4) is 0 Å². The van der Waals surface area contributed by atoms with Crippen LogP contribution in [0.2, 0.25) is 0 Å². The van der Waals surface area contributed by atoms with Gasteiger partial charge in [0.05, 0.1) is 5.69 Å². The predicted molar refractivity (Wildman–Crippen MR) is 129 cm³/mol. The number of hydrogen-bond donors (Lipinski definition) is 2. The molecule has 1 aliphatic rings. The highest BCUT2D eigenvalue weighted by molar-refractivity contribution is 5.95. The van der Waals surface area contributed by atoms with E-state index in [1.54, 1.807) is 6.20 Å². The van der Waals surface area contributed by atoms with Gasteiger partial charge in [-0.15, -0.1) is 0 Å². The number of amides is 2. The number of likely N-dealkylation sites (tertiary alicyclic amines) is 1. The van der Waals surface area contributed by atoms with Crippen molar-refractivity contribution < 1.29 is 9.59 Å². The molecule has 1 aromatic rings. The van der Waals surface area contributed by atoms with Gasteiger partial charge < -0.3 is 15.5 Å². The summed E-state index contributed by atoms with van der Waals surface area (Å²) in [5, 5.41) is 10.7. The van der Waals surface area contributed by atoms with E-state index in [9.17, 15) is 9.59 Å². The lowest BCUT2D eigenvalue weighted by molar-refractivity contribution is -0.132. The summed E-state index contributed by atoms with van der Waals surface area (Å²) in [6.07, 6.45) is 9.47. The maximum Gasteiger partial charge on any atom is 0.223 e. The number of allylic oxidation sites excluding steroid dienone is 2. The zero-order valence-corrected chi connectivity index (χ0v) is 19.7. The number of carbonyl (C=O) groups excluding carboxylic acids is 2. The topological polar surface area (TPSA) is 91.6 Å². The van der Waals surface area contributed by atoms with Gasteiger partial charge in [-0.3, -0.25) is 9.59 Å². The predicted octanol–water partition coefficient (Wildman–Crippen LogP) is 2.79. The SMILES string of the molecule is C=CN=C(/C=C\C)n1nc(C2CCN(C(=O)CCNCCNC=O)CC2)cc1C(C)CC. The minimum Gasteiger partial charge on any atom is -0.357 e. The maximum absolute atomic E-state index is 12.5. The minimum absolute atomic E-state index is 0.179. The maximum atomic E-state index is 12.5. The molecule has 0 spiro atoms. The molecule has 0 radical (unpaired) electrons. The van der Waals surface area contributed by atoms with E-state index in [-0.39, 0.29) is 5.91 Å². The van der Waals surface area contributed by atoms with Gasteiger partial charge in [0.2, 0.25) is 12.3 Å². The number of aliphatic imine (C=N–C) groups is 1. The van der Waals surface area contributed by atoms with Crippen LogP contribution in [0.15, 0.2) is 36.0 Å². The number of rotatable bonds is 12. The van der Waals surface area contributed by atoms with Crippen molar-refractivity contribution in [1.29, 1.82) is 0 Å². The molecule has 1 aromatic heterocycles. The van der Waals surface area contributed by atoms with Gasteiger partial charge in [0, 0.05) is 57.0 Å². The van der Waals surface area contributed by atoms with Gasteiger partial charge in [-0.2, -0.15) is 5.10 Å². The van der Waals surface area contributed by atoms with Crippen molar-refractivity contribution in [2.75, 3.05) is 32.7 Å². The molecule has 1 unspecified atom stereocenters. The first kappa shape index (κ1) is 25.5. The van der Waals surface area contributed by atoms with Crippen LogP contribution in [-0.4, -0.2) is 65.6 Å². The fourth-order valence-corrected chi connectivity index (χ4v) is 3.89. The standard InChI is InChI=1S/C24H38N6O2/c1-5-8-23(27-7-3)30-22(19(4)6-2)17-21(28-30)20-10-15-29(16-11-20)24(32)9-12-25-13-14-26-18-31/h5,7-8,17-20,25H,3,6,9-16H2,1-2,4H3,(H,26,31)/b8-5-,27-23?.